The van der Waals surface area contributed by atoms with E-state index in [0.29, 0.717) is 0 Å². The van der Waals surface area contributed by atoms with Crippen molar-refractivity contribution in [2.24, 2.45) is 0 Å². The van der Waals surface area contributed by atoms with Crippen LogP contribution in [-0.2, 0) is 16.3 Å². The van der Waals surface area contributed by atoms with Crippen molar-refractivity contribution in [1.82, 2.24) is 9.57 Å². The number of hydrogen-bond acceptors (Lipinski definition) is 3. The fourth-order valence-electron chi connectivity index (χ4n) is 2.23. The number of likely N-dealkylation sites (N-methyl/N-ethyl adjacent to an activating group) is 2. The van der Waals surface area contributed by atoms with Gasteiger partial charge in [-0.1, -0.05) is 42.1 Å². The highest BCUT2D eigenvalue weighted by Gasteiger charge is 2.43. The van der Waals surface area contributed by atoms with Gasteiger partial charge in [-0.2, -0.15) is 0 Å². The largest absolute Gasteiger partial charge is 0.327 e. The standard InChI is InChI=1S/C12H19N2OPS/c1-13(2)12-11(10-8-6-5-7-9-10)15-16(4,17)14(12)3/h5-9,11-12H,1-4H3/t11-,12?,16?/m0/s1. The summed E-state index contributed by atoms with van der Waals surface area (Å²) in [7, 11) is 6.20. The first kappa shape index (κ1) is 13.2. The molecule has 0 aliphatic carbocycles. The third-order valence-corrected chi connectivity index (χ3v) is 6.22. The Bertz CT molecular complexity index is 437. The average Bonchev–Trinajstić information content (AvgIpc) is 2.52. The summed E-state index contributed by atoms with van der Waals surface area (Å²) in [5, 5.41) is 0. The molecule has 0 spiro atoms. The molecule has 1 heterocycles. The second-order valence-corrected chi connectivity index (χ2v) is 9.17. The molecule has 2 rings (SSSR count). The topological polar surface area (TPSA) is 15.7 Å². The van der Waals surface area contributed by atoms with Crippen molar-refractivity contribution in [3.63, 3.8) is 0 Å². The molecule has 3 atom stereocenters. The van der Waals surface area contributed by atoms with E-state index in [-0.39, 0.29) is 12.3 Å². The van der Waals surface area contributed by atoms with Crippen LogP contribution in [0, 0.1) is 0 Å². The molecule has 1 saturated heterocycles. The third kappa shape index (κ3) is 2.47. The van der Waals surface area contributed by atoms with Crippen molar-refractivity contribution < 1.29 is 4.52 Å². The fourth-order valence-corrected chi connectivity index (χ4v) is 4.36. The highest BCUT2D eigenvalue weighted by atomic mass is 32.4. The van der Waals surface area contributed by atoms with Crippen LogP contribution in [0.3, 0.4) is 0 Å². The Morgan fingerprint density at radius 2 is 1.88 bits per heavy atom. The van der Waals surface area contributed by atoms with Crippen molar-refractivity contribution in [3.8, 4) is 0 Å². The quantitative estimate of drug-likeness (QED) is 0.767. The first-order valence-corrected chi connectivity index (χ1v) is 8.76. The van der Waals surface area contributed by atoms with Gasteiger partial charge in [-0.25, -0.2) is 4.67 Å². The van der Waals surface area contributed by atoms with E-state index in [2.05, 4.69) is 42.8 Å². The molecule has 17 heavy (non-hydrogen) atoms. The zero-order valence-corrected chi connectivity index (χ0v) is 12.4. The van der Waals surface area contributed by atoms with Gasteiger partial charge in [0.15, 0.2) is 0 Å². The van der Waals surface area contributed by atoms with Gasteiger partial charge in [0.1, 0.15) is 12.5 Å². The van der Waals surface area contributed by atoms with Crippen LogP contribution in [0.4, 0.5) is 0 Å². The molecule has 0 amide bonds. The molecule has 1 aromatic carbocycles. The molecule has 94 valence electrons. The van der Waals surface area contributed by atoms with E-state index in [9.17, 15) is 0 Å². The summed E-state index contributed by atoms with van der Waals surface area (Å²) in [6.07, 6.45) is -1.58. The van der Waals surface area contributed by atoms with Crippen LogP contribution < -0.4 is 0 Å². The zero-order chi connectivity index (χ0) is 12.6. The molecule has 0 N–H and O–H groups in total. The molecule has 0 radical (unpaired) electrons. The minimum atomic E-state index is -1.84. The second kappa shape index (κ2) is 4.79. The van der Waals surface area contributed by atoms with Gasteiger partial charge in [0.05, 0.1) is 6.17 Å². The first-order valence-electron chi connectivity index (χ1n) is 5.64. The van der Waals surface area contributed by atoms with Gasteiger partial charge in [0, 0.05) is 6.66 Å². The van der Waals surface area contributed by atoms with Crippen molar-refractivity contribution in [2.45, 2.75) is 12.3 Å². The van der Waals surface area contributed by atoms with Gasteiger partial charge >= 0.3 is 0 Å². The van der Waals surface area contributed by atoms with E-state index < -0.39 is 6.42 Å². The summed E-state index contributed by atoms with van der Waals surface area (Å²) < 4.78 is 8.34. The number of hydrogen-bond donors (Lipinski definition) is 0. The van der Waals surface area contributed by atoms with Crippen molar-refractivity contribution in [1.29, 1.82) is 0 Å². The summed E-state index contributed by atoms with van der Waals surface area (Å²) >= 11 is 5.59. The lowest BCUT2D eigenvalue weighted by molar-refractivity contribution is 0.0988. The predicted molar refractivity (Wildman–Crippen MR) is 75.7 cm³/mol. The Morgan fingerprint density at radius 3 is 2.41 bits per heavy atom. The minimum Gasteiger partial charge on any atom is -0.327 e. The maximum absolute atomic E-state index is 6.13. The lowest BCUT2D eigenvalue weighted by atomic mass is 10.1. The van der Waals surface area contributed by atoms with Crippen molar-refractivity contribution >= 4 is 18.2 Å². The number of benzene rings is 1. The Morgan fingerprint density at radius 1 is 1.29 bits per heavy atom. The first-order chi connectivity index (χ1) is 7.93. The average molecular weight is 270 g/mol. The highest BCUT2D eigenvalue weighted by Crippen LogP contribution is 2.59. The fraction of sp³-hybridized carbons (Fsp3) is 0.500. The van der Waals surface area contributed by atoms with E-state index in [1.807, 2.05) is 24.9 Å². The van der Waals surface area contributed by atoms with Gasteiger partial charge in [-0.05, 0) is 26.7 Å². The van der Waals surface area contributed by atoms with E-state index in [4.69, 9.17) is 16.3 Å². The van der Waals surface area contributed by atoms with Gasteiger partial charge < -0.3 is 4.52 Å². The van der Waals surface area contributed by atoms with Gasteiger partial charge in [-0.3, -0.25) is 4.90 Å². The molecule has 5 heteroatoms. The molecular formula is C12H19N2OPS. The molecule has 1 aliphatic rings. The maximum Gasteiger partial charge on any atom is 0.131 e. The van der Waals surface area contributed by atoms with Crippen LogP contribution in [-0.4, -0.2) is 43.5 Å². The lowest BCUT2D eigenvalue weighted by Gasteiger charge is -2.30. The zero-order valence-electron chi connectivity index (χ0n) is 10.7. The van der Waals surface area contributed by atoms with Crippen LogP contribution in [0.5, 0.6) is 0 Å². The Kier molecular flexibility index (Phi) is 3.71. The van der Waals surface area contributed by atoms with Crippen LogP contribution in [0.2, 0.25) is 0 Å². The summed E-state index contributed by atoms with van der Waals surface area (Å²) in [4.78, 5) is 2.18. The molecule has 2 unspecified atom stereocenters. The van der Waals surface area contributed by atoms with E-state index in [0.717, 1.165) is 0 Å². The predicted octanol–water partition coefficient (Wildman–Crippen LogP) is 2.52. The third-order valence-electron chi connectivity index (χ3n) is 3.19. The van der Waals surface area contributed by atoms with Crippen LogP contribution in [0.1, 0.15) is 11.7 Å². The van der Waals surface area contributed by atoms with Gasteiger partial charge in [0.25, 0.3) is 0 Å². The minimum absolute atomic E-state index is 0.0482. The normalized spacial score (nSPS) is 34.4. The Balaban J connectivity index is 2.37. The number of nitrogens with zero attached hydrogens (tertiary/aromatic N) is 2. The van der Waals surface area contributed by atoms with Crippen LogP contribution in [0.15, 0.2) is 30.3 Å². The van der Waals surface area contributed by atoms with Gasteiger partial charge in [0.2, 0.25) is 0 Å². The Hall–Kier alpha value is -0.250. The summed E-state index contributed by atoms with van der Waals surface area (Å²) in [6.45, 7) is 2.04. The van der Waals surface area contributed by atoms with Gasteiger partial charge in [-0.15, -0.1) is 0 Å². The number of rotatable bonds is 2. The molecule has 1 aromatic rings. The van der Waals surface area contributed by atoms with Crippen LogP contribution >= 0.6 is 6.42 Å². The molecule has 0 aromatic heterocycles. The monoisotopic (exact) mass is 270 g/mol. The Labute approximate surface area is 109 Å². The molecule has 0 bridgehead atoms. The molecule has 1 aliphatic heterocycles. The maximum atomic E-state index is 6.13. The lowest BCUT2D eigenvalue weighted by Crippen LogP contribution is -2.40. The van der Waals surface area contributed by atoms with E-state index in [1.54, 1.807) is 0 Å². The van der Waals surface area contributed by atoms with Crippen LogP contribution in [0.25, 0.3) is 0 Å². The summed E-state index contributed by atoms with van der Waals surface area (Å²) in [5.41, 5.74) is 1.20. The van der Waals surface area contributed by atoms with Crippen molar-refractivity contribution in [2.75, 3.05) is 27.8 Å². The highest BCUT2D eigenvalue weighted by molar-refractivity contribution is 8.10. The summed E-state index contributed by atoms with van der Waals surface area (Å²) in [5.74, 6) is 0. The molecule has 1 fully saturated rings. The smallest absolute Gasteiger partial charge is 0.131 e. The van der Waals surface area contributed by atoms with E-state index >= 15 is 0 Å². The second-order valence-electron chi connectivity index (χ2n) is 4.69. The van der Waals surface area contributed by atoms with Crippen molar-refractivity contribution in [3.05, 3.63) is 35.9 Å². The summed E-state index contributed by atoms with van der Waals surface area (Å²) in [6, 6.07) is 10.3. The molecule has 0 saturated carbocycles. The molecular weight excluding hydrogens is 251 g/mol. The molecule has 3 nitrogen and oxygen atoms in total. The van der Waals surface area contributed by atoms with E-state index in [1.165, 1.54) is 5.56 Å². The SMILES string of the molecule is CN(C)C1[C@H](c2ccccc2)OP(C)(=S)N1C.